The second-order valence-corrected chi connectivity index (χ2v) is 7.82. The predicted molar refractivity (Wildman–Crippen MR) is 125 cm³/mol. The first kappa shape index (κ1) is 27.0. The number of nitrogens with zero attached hydrogens (tertiary/aromatic N) is 2. The van der Waals surface area contributed by atoms with Gasteiger partial charge in [-0.2, -0.15) is 13.2 Å². The molecular formula is C26H31F3N2O3. The summed E-state index contributed by atoms with van der Waals surface area (Å²) in [6.45, 7) is 3.19. The molecule has 0 bridgehead atoms. The maximum atomic E-state index is 10.6. The molecule has 0 saturated heterocycles. The molecule has 34 heavy (non-hydrogen) atoms. The van der Waals surface area contributed by atoms with Gasteiger partial charge in [-0.1, -0.05) is 68.3 Å². The molecule has 5 nitrogen and oxygen atoms in total. The highest BCUT2D eigenvalue weighted by Crippen LogP contribution is 2.21. The van der Waals surface area contributed by atoms with Crippen LogP contribution in [0.4, 0.5) is 13.2 Å². The number of alkyl halides is 3. The van der Waals surface area contributed by atoms with Crippen molar-refractivity contribution in [2.24, 2.45) is 0 Å². The number of aryl methyl sites for hydroxylation is 2. The first-order chi connectivity index (χ1) is 16.3. The lowest BCUT2D eigenvalue weighted by atomic mass is 10.0. The number of carboxylic acids is 1. The molecule has 1 N–H and O–H groups in total. The lowest BCUT2D eigenvalue weighted by molar-refractivity contribution is -0.192. The van der Waals surface area contributed by atoms with E-state index in [-0.39, 0.29) is 0 Å². The fraction of sp³-hybridized carbons (Fsp3) is 0.385. The number of aliphatic carboxylic acids is 1. The summed E-state index contributed by atoms with van der Waals surface area (Å²) in [7, 11) is 1.74. The van der Waals surface area contributed by atoms with Gasteiger partial charge in [-0.25, -0.2) is 9.78 Å². The Balaban J connectivity index is 0.000000509. The molecule has 0 spiro atoms. The third kappa shape index (κ3) is 8.57. The molecule has 3 aromatic rings. The van der Waals surface area contributed by atoms with Gasteiger partial charge in [-0.15, -0.1) is 0 Å². The third-order valence-corrected chi connectivity index (χ3v) is 5.32. The summed E-state index contributed by atoms with van der Waals surface area (Å²) in [6, 6.07) is 18.9. The number of methoxy groups -OCH3 is 1. The molecule has 0 unspecified atom stereocenters. The maximum absolute atomic E-state index is 10.6. The van der Waals surface area contributed by atoms with Crippen molar-refractivity contribution < 1.29 is 27.8 Å². The van der Waals surface area contributed by atoms with E-state index in [0.29, 0.717) is 0 Å². The van der Waals surface area contributed by atoms with E-state index < -0.39 is 12.1 Å². The highest BCUT2D eigenvalue weighted by Gasteiger charge is 2.38. The fourth-order valence-electron chi connectivity index (χ4n) is 3.56. The van der Waals surface area contributed by atoms with Crippen LogP contribution in [0.5, 0.6) is 5.75 Å². The molecule has 0 saturated carbocycles. The van der Waals surface area contributed by atoms with Crippen molar-refractivity contribution in [1.29, 1.82) is 0 Å². The molecule has 0 fully saturated rings. The van der Waals surface area contributed by atoms with E-state index in [0.717, 1.165) is 31.6 Å². The van der Waals surface area contributed by atoms with E-state index in [1.54, 1.807) is 7.11 Å². The van der Waals surface area contributed by atoms with Gasteiger partial charge in [0.1, 0.15) is 5.75 Å². The van der Waals surface area contributed by atoms with Crippen LogP contribution in [-0.4, -0.2) is 33.9 Å². The highest BCUT2D eigenvalue weighted by atomic mass is 19.4. The van der Waals surface area contributed by atoms with Gasteiger partial charge in [0.15, 0.2) is 0 Å². The number of unbranched alkanes of at least 4 members (excludes halogenated alkanes) is 2. The smallest absolute Gasteiger partial charge is 0.490 e. The summed E-state index contributed by atoms with van der Waals surface area (Å²) >= 11 is 0. The summed E-state index contributed by atoms with van der Waals surface area (Å²) in [5, 5.41) is 7.12. The van der Waals surface area contributed by atoms with Gasteiger partial charge in [0.2, 0.25) is 0 Å². The van der Waals surface area contributed by atoms with Crippen molar-refractivity contribution in [3.63, 3.8) is 0 Å². The minimum Gasteiger partial charge on any atom is -0.496 e. The second-order valence-electron chi connectivity index (χ2n) is 7.82. The summed E-state index contributed by atoms with van der Waals surface area (Å²) in [6.07, 6.45) is 3.62. The van der Waals surface area contributed by atoms with E-state index in [1.165, 1.54) is 41.8 Å². The number of hydrogen-bond donors (Lipinski definition) is 1. The van der Waals surface area contributed by atoms with Crippen LogP contribution in [0, 0.1) is 0 Å². The third-order valence-electron chi connectivity index (χ3n) is 5.32. The molecule has 0 aliphatic carbocycles. The molecule has 0 aliphatic rings. The highest BCUT2D eigenvalue weighted by molar-refractivity contribution is 5.73. The standard InChI is InChI=1S/C24H30N2O.C2HF3O2/c1-3-4-6-14-23-22(18-20-11-7-5-8-12-20)25-19-26(23)17-16-21-13-9-10-15-24(21)27-2;3-2(4,5)1(6)7/h5,7-13,15,19H,3-4,6,14,16-18H2,1-2H3;(H,6,7). The first-order valence-corrected chi connectivity index (χ1v) is 11.2. The van der Waals surface area contributed by atoms with E-state index >= 15 is 0 Å². The number of hydrogen-bond acceptors (Lipinski definition) is 3. The first-order valence-electron chi connectivity index (χ1n) is 11.2. The quantitative estimate of drug-likeness (QED) is 0.360. The zero-order valence-corrected chi connectivity index (χ0v) is 19.5. The number of aromatic nitrogens is 2. The maximum Gasteiger partial charge on any atom is 0.490 e. The summed E-state index contributed by atoms with van der Waals surface area (Å²) in [5.41, 5.74) is 5.18. The number of halogens is 3. The van der Waals surface area contributed by atoms with E-state index in [4.69, 9.17) is 19.6 Å². The number of carbonyl (C=O) groups is 1. The van der Waals surface area contributed by atoms with Crippen molar-refractivity contribution in [2.75, 3.05) is 7.11 Å². The number of carboxylic acid groups (broad SMARTS) is 1. The molecule has 2 aromatic carbocycles. The molecule has 0 atom stereocenters. The Morgan fingerprint density at radius 1 is 1.03 bits per heavy atom. The van der Waals surface area contributed by atoms with Crippen molar-refractivity contribution >= 4 is 5.97 Å². The predicted octanol–water partition coefficient (Wildman–Crippen LogP) is 6.09. The van der Waals surface area contributed by atoms with Crippen LogP contribution >= 0.6 is 0 Å². The topological polar surface area (TPSA) is 64.4 Å². The Labute approximate surface area is 198 Å². The van der Waals surface area contributed by atoms with Crippen molar-refractivity contribution in [2.45, 2.75) is 58.2 Å². The van der Waals surface area contributed by atoms with E-state index in [2.05, 4.69) is 54.0 Å². The Morgan fingerprint density at radius 3 is 2.29 bits per heavy atom. The van der Waals surface area contributed by atoms with Gasteiger partial charge in [0.05, 0.1) is 19.1 Å². The second kappa shape index (κ2) is 13.4. The van der Waals surface area contributed by atoms with Crippen LogP contribution in [0.1, 0.15) is 48.7 Å². The Kier molecular flexibility index (Phi) is 10.6. The number of imidazole rings is 1. The van der Waals surface area contributed by atoms with Crippen LogP contribution < -0.4 is 4.74 Å². The SMILES string of the molecule is CCCCCc1c(Cc2ccccc2)ncn1CCc1ccccc1OC.O=C(O)C(F)(F)F. The number of rotatable bonds is 10. The molecule has 1 heterocycles. The number of para-hydroxylation sites is 1. The molecule has 0 amide bonds. The summed E-state index contributed by atoms with van der Waals surface area (Å²) in [5.74, 6) is -1.79. The van der Waals surface area contributed by atoms with Crippen molar-refractivity contribution in [3.8, 4) is 5.75 Å². The average Bonchev–Trinajstić information content (AvgIpc) is 3.19. The lowest BCUT2D eigenvalue weighted by Gasteiger charge is -2.12. The van der Waals surface area contributed by atoms with Crippen LogP contribution in [0.25, 0.3) is 0 Å². The van der Waals surface area contributed by atoms with Crippen LogP contribution in [0.2, 0.25) is 0 Å². The lowest BCUT2D eigenvalue weighted by Crippen LogP contribution is -2.21. The zero-order chi connectivity index (χ0) is 25.0. The minimum atomic E-state index is -5.08. The Morgan fingerprint density at radius 2 is 1.68 bits per heavy atom. The van der Waals surface area contributed by atoms with Gasteiger partial charge < -0.3 is 14.4 Å². The summed E-state index contributed by atoms with van der Waals surface area (Å²) < 4.78 is 39.6. The molecule has 3 rings (SSSR count). The monoisotopic (exact) mass is 476 g/mol. The minimum absolute atomic E-state index is 0.907. The van der Waals surface area contributed by atoms with Gasteiger partial charge in [0.25, 0.3) is 0 Å². The van der Waals surface area contributed by atoms with Crippen molar-refractivity contribution in [3.05, 3.63) is 83.4 Å². The Hall–Kier alpha value is -3.29. The zero-order valence-electron chi connectivity index (χ0n) is 19.5. The molecular weight excluding hydrogens is 445 g/mol. The molecule has 0 radical (unpaired) electrons. The van der Waals surface area contributed by atoms with Crippen LogP contribution in [0.3, 0.4) is 0 Å². The van der Waals surface area contributed by atoms with Crippen molar-refractivity contribution in [1.82, 2.24) is 9.55 Å². The van der Waals surface area contributed by atoms with E-state index in [9.17, 15) is 13.2 Å². The molecule has 1 aromatic heterocycles. The van der Waals surface area contributed by atoms with Crippen LogP contribution in [-0.2, 0) is 30.6 Å². The number of ether oxygens (including phenoxy) is 1. The van der Waals surface area contributed by atoms with Gasteiger partial charge in [0, 0.05) is 18.7 Å². The van der Waals surface area contributed by atoms with Gasteiger partial charge >= 0.3 is 12.1 Å². The van der Waals surface area contributed by atoms with Gasteiger partial charge in [-0.05, 0) is 36.5 Å². The molecule has 184 valence electrons. The van der Waals surface area contributed by atoms with Crippen LogP contribution in [0.15, 0.2) is 60.9 Å². The number of benzene rings is 2. The summed E-state index contributed by atoms with van der Waals surface area (Å²) in [4.78, 5) is 13.7. The largest absolute Gasteiger partial charge is 0.496 e. The normalized spacial score (nSPS) is 11.0. The molecule has 0 aliphatic heterocycles. The fourth-order valence-corrected chi connectivity index (χ4v) is 3.56. The molecule has 8 heteroatoms. The Bertz CT molecular complexity index is 1020. The van der Waals surface area contributed by atoms with Gasteiger partial charge in [-0.3, -0.25) is 0 Å². The average molecular weight is 477 g/mol. The van der Waals surface area contributed by atoms with E-state index in [1.807, 2.05) is 18.5 Å².